The molecule has 0 amide bonds. The van der Waals surface area contributed by atoms with Crippen molar-refractivity contribution in [2.75, 3.05) is 13.2 Å². The topological polar surface area (TPSA) is 66.8 Å². The van der Waals surface area contributed by atoms with Gasteiger partial charge in [0.1, 0.15) is 11.2 Å². The largest absolute Gasteiger partial charge is 0.493 e. The van der Waals surface area contributed by atoms with Crippen molar-refractivity contribution in [3.05, 3.63) is 29.3 Å². The summed E-state index contributed by atoms with van der Waals surface area (Å²) in [6, 6.07) is 5.29. The normalized spacial score (nSPS) is 17.4. The molecule has 0 radical (unpaired) electrons. The summed E-state index contributed by atoms with van der Waals surface area (Å²) in [7, 11) is 0. The van der Waals surface area contributed by atoms with Crippen LogP contribution in [0.3, 0.4) is 0 Å². The Morgan fingerprint density at radius 1 is 1.56 bits per heavy atom. The van der Waals surface area contributed by atoms with Gasteiger partial charge in [-0.1, -0.05) is 12.1 Å². The maximum Gasteiger partial charge on any atom is 0.316 e. The zero-order valence-electron chi connectivity index (χ0n) is 9.06. The van der Waals surface area contributed by atoms with E-state index in [1.54, 1.807) is 12.1 Å². The Hall–Kier alpha value is -1.55. The van der Waals surface area contributed by atoms with E-state index in [0.717, 1.165) is 17.7 Å². The molecule has 1 aliphatic rings. The van der Waals surface area contributed by atoms with Crippen LogP contribution >= 0.6 is 0 Å². The summed E-state index contributed by atoms with van der Waals surface area (Å²) >= 11 is 0. The quantitative estimate of drug-likeness (QED) is 0.799. The zero-order valence-corrected chi connectivity index (χ0v) is 9.06. The number of benzene rings is 1. The van der Waals surface area contributed by atoms with E-state index in [9.17, 15) is 9.90 Å². The molecular formula is C12H14O4. The molecule has 1 heterocycles. The lowest BCUT2D eigenvalue weighted by Crippen LogP contribution is -2.36. The van der Waals surface area contributed by atoms with E-state index >= 15 is 0 Å². The second kappa shape index (κ2) is 3.79. The number of hydrogen-bond acceptors (Lipinski definition) is 3. The molecule has 0 aromatic heterocycles. The molecule has 1 aromatic carbocycles. The van der Waals surface area contributed by atoms with Gasteiger partial charge in [-0.3, -0.25) is 4.79 Å². The number of rotatable bonds is 3. The Balaban J connectivity index is 2.44. The lowest BCUT2D eigenvalue weighted by Gasteiger charge is -2.23. The van der Waals surface area contributed by atoms with Crippen molar-refractivity contribution >= 4 is 5.97 Å². The van der Waals surface area contributed by atoms with Gasteiger partial charge in [0.25, 0.3) is 0 Å². The standard InChI is InChI=1S/C12H14O4/c1-12(7-13,11(14)15)9-2-3-10-8(6-9)4-5-16-10/h2-3,6,13H,4-5,7H2,1H3,(H,14,15). The smallest absolute Gasteiger partial charge is 0.316 e. The van der Waals surface area contributed by atoms with E-state index in [-0.39, 0.29) is 0 Å². The number of fused-ring (bicyclic) bond motifs is 1. The average molecular weight is 222 g/mol. The van der Waals surface area contributed by atoms with Gasteiger partial charge in [0, 0.05) is 6.42 Å². The number of aliphatic carboxylic acids is 1. The van der Waals surface area contributed by atoms with E-state index in [2.05, 4.69) is 0 Å². The van der Waals surface area contributed by atoms with Crippen molar-refractivity contribution in [3.63, 3.8) is 0 Å². The van der Waals surface area contributed by atoms with Crippen LogP contribution in [0.1, 0.15) is 18.1 Å². The van der Waals surface area contributed by atoms with Crippen LogP contribution in [0.25, 0.3) is 0 Å². The minimum Gasteiger partial charge on any atom is -0.493 e. The average Bonchev–Trinajstić information content (AvgIpc) is 2.74. The van der Waals surface area contributed by atoms with Gasteiger partial charge in [-0.05, 0) is 24.1 Å². The zero-order chi connectivity index (χ0) is 11.8. The third kappa shape index (κ3) is 1.55. The van der Waals surface area contributed by atoms with Gasteiger partial charge in [-0.15, -0.1) is 0 Å². The maximum absolute atomic E-state index is 11.2. The molecule has 1 atom stereocenters. The molecule has 0 saturated heterocycles. The number of carboxylic acids is 1. The van der Waals surface area contributed by atoms with Crippen LogP contribution in [-0.2, 0) is 16.6 Å². The van der Waals surface area contributed by atoms with Crippen molar-refractivity contribution in [1.82, 2.24) is 0 Å². The van der Waals surface area contributed by atoms with Gasteiger partial charge in [-0.25, -0.2) is 0 Å². The molecule has 16 heavy (non-hydrogen) atoms. The fourth-order valence-corrected chi connectivity index (χ4v) is 1.81. The summed E-state index contributed by atoms with van der Waals surface area (Å²) < 4.78 is 5.35. The molecule has 86 valence electrons. The van der Waals surface area contributed by atoms with E-state index in [1.165, 1.54) is 6.92 Å². The van der Waals surface area contributed by atoms with Crippen LogP contribution in [-0.4, -0.2) is 29.4 Å². The highest BCUT2D eigenvalue weighted by atomic mass is 16.5. The Morgan fingerprint density at radius 3 is 2.94 bits per heavy atom. The molecule has 0 aliphatic carbocycles. The monoisotopic (exact) mass is 222 g/mol. The minimum atomic E-state index is -1.24. The highest BCUT2D eigenvalue weighted by Crippen LogP contribution is 2.31. The second-order valence-corrected chi connectivity index (χ2v) is 4.22. The van der Waals surface area contributed by atoms with E-state index < -0.39 is 18.0 Å². The molecule has 2 rings (SSSR count). The van der Waals surface area contributed by atoms with Crippen molar-refractivity contribution in [2.45, 2.75) is 18.8 Å². The molecule has 1 aromatic rings. The summed E-state index contributed by atoms with van der Waals surface area (Å²) in [4.78, 5) is 11.2. The van der Waals surface area contributed by atoms with E-state index in [0.29, 0.717) is 12.2 Å². The van der Waals surface area contributed by atoms with Gasteiger partial charge in [-0.2, -0.15) is 0 Å². The predicted octanol–water partition coefficient (Wildman–Crippen LogP) is 0.956. The first-order valence-electron chi connectivity index (χ1n) is 5.18. The van der Waals surface area contributed by atoms with Crippen molar-refractivity contribution in [2.24, 2.45) is 0 Å². The van der Waals surface area contributed by atoms with Crippen LogP contribution in [0.4, 0.5) is 0 Å². The fraction of sp³-hybridized carbons (Fsp3) is 0.417. The van der Waals surface area contributed by atoms with Gasteiger partial charge in [0.05, 0.1) is 13.2 Å². The Labute approximate surface area is 93.5 Å². The number of aliphatic hydroxyl groups excluding tert-OH is 1. The Morgan fingerprint density at radius 2 is 2.31 bits per heavy atom. The lowest BCUT2D eigenvalue weighted by molar-refractivity contribution is -0.144. The van der Waals surface area contributed by atoms with Crippen LogP contribution in [0.5, 0.6) is 5.75 Å². The second-order valence-electron chi connectivity index (χ2n) is 4.22. The Bertz CT molecular complexity index is 427. The van der Waals surface area contributed by atoms with Gasteiger partial charge < -0.3 is 14.9 Å². The predicted molar refractivity (Wildman–Crippen MR) is 57.7 cm³/mol. The van der Waals surface area contributed by atoms with Crippen molar-refractivity contribution in [3.8, 4) is 5.75 Å². The highest BCUT2D eigenvalue weighted by molar-refractivity contribution is 5.81. The molecule has 4 heteroatoms. The van der Waals surface area contributed by atoms with Crippen LogP contribution < -0.4 is 4.74 Å². The van der Waals surface area contributed by atoms with Gasteiger partial charge >= 0.3 is 5.97 Å². The number of aliphatic hydroxyl groups is 1. The molecule has 2 N–H and O–H groups in total. The molecule has 0 spiro atoms. The highest BCUT2D eigenvalue weighted by Gasteiger charge is 2.35. The van der Waals surface area contributed by atoms with E-state index in [1.807, 2.05) is 6.07 Å². The SMILES string of the molecule is CC(CO)(C(=O)O)c1ccc2c(c1)CCO2. The molecule has 0 bridgehead atoms. The Kier molecular flexibility index (Phi) is 2.59. The first-order chi connectivity index (χ1) is 7.58. The van der Waals surface area contributed by atoms with Crippen LogP contribution in [0.15, 0.2) is 18.2 Å². The number of carboxylic acid groups (broad SMARTS) is 1. The summed E-state index contributed by atoms with van der Waals surface area (Å²) in [5, 5.41) is 18.4. The molecule has 1 unspecified atom stereocenters. The van der Waals surface area contributed by atoms with E-state index in [4.69, 9.17) is 9.84 Å². The molecule has 1 aliphatic heterocycles. The first-order valence-corrected chi connectivity index (χ1v) is 5.18. The summed E-state index contributed by atoms with van der Waals surface area (Å²) in [6.07, 6.45) is 0.796. The summed E-state index contributed by atoms with van der Waals surface area (Å²) in [6.45, 7) is 1.75. The molecule has 0 fully saturated rings. The number of hydrogen-bond donors (Lipinski definition) is 2. The molecular weight excluding hydrogens is 208 g/mol. The number of ether oxygens (including phenoxy) is 1. The third-order valence-corrected chi connectivity index (χ3v) is 3.11. The minimum absolute atomic E-state index is 0.415. The van der Waals surface area contributed by atoms with Gasteiger partial charge in [0.2, 0.25) is 0 Å². The fourth-order valence-electron chi connectivity index (χ4n) is 1.81. The van der Waals surface area contributed by atoms with Crippen molar-refractivity contribution < 1.29 is 19.7 Å². The lowest BCUT2D eigenvalue weighted by atomic mass is 9.82. The maximum atomic E-state index is 11.2. The number of carbonyl (C=O) groups is 1. The van der Waals surface area contributed by atoms with Crippen molar-refractivity contribution in [1.29, 1.82) is 0 Å². The van der Waals surface area contributed by atoms with Crippen LogP contribution in [0.2, 0.25) is 0 Å². The third-order valence-electron chi connectivity index (χ3n) is 3.11. The summed E-state index contributed by atoms with van der Waals surface area (Å²) in [5.41, 5.74) is 0.391. The molecule has 4 nitrogen and oxygen atoms in total. The van der Waals surface area contributed by atoms with Crippen LogP contribution in [0, 0.1) is 0 Å². The van der Waals surface area contributed by atoms with Gasteiger partial charge in [0.15, 0.2) is 0 Å². The summed E-state index contributed by atoms with van der Waals surface area (Å²) in [5.74, 6) is -0.205. The molecule has 0 saturated carbocycles. The first kappa shape index (κ1) is 11.0.